The molecule has 2 aromatic heterocycles. The van der Waals surface area contributed by atoms with E-state index in [-0.39, 0.29) is 17.9 Å². The second-order valence-corrected chi connectivity index (χ2v) is 7.89. The Balaban J connectivity index is 1.57. The molecule has 2 N–H and O–H groups in total. The lowest BCUT2D eigenvalue weighted by Crippen LogP contribution is -2.35. The summed E-state index contributed by atoms with van der Waals surface area (Å²) >= 11 is 7.02. The Bertz CT molecular complexity index is 1140. The molecule has 2 heterocycles. The van der Waals surface area contributed by atoms with Crippen LogP contribution in [0, 0.1) is 11.6 Å². The molecule has 154 valence electrons. The molecule has 1 atom stereocenters. The number of thioether (sulfide) groups is 1. The van der Waals surface area contributed by atoms with Gasteiger partial charge >= 0.3 is 0 Å². The van der Waals surface area contributed by atoms with Gasteiger partial charge in [0, 0.05) is 28.0 Å². The van der Waals surface area contributed by atoms with Crippen molar-refractivity contribution in [2.75, 3.05) is 5.75 Å². The van der Waals surface area contributed by atoms with E-state index in [0.717, 1.165) is 29.5 Å². The van der Waals surface area contributed by atoms with Crippen molar-refractivity contribution >= 4 is 23.4 Å². The maximum Gasteiger partial charge on any atom is 0.208 e. The highest BCUT2D eigenvalue weighted by atomic mass is 35.5. The summed E-state index contributed by atoms with van der Waals surface area (Å²) in [5.41, 5.74) is -0.974. The number of aromatic amines is 1. The van der Waals surface area contributed by atoms with Crippen molar-refractivity contribution < 1.29 is 13.9 Å². The van der Waals surface area contributed by atoms with Crippen molar-refractivity contribution in [3.63, 3.8) is 0 Å². The molecule has 7 nitrogen and oxygen atoms in total. The van der Waals surface area contributed by atoms with Crippen LogP contribution in [0.2, 0.25) is 5.02 Å². The van der Waals surface area contributed by atoms with Crippen LogP contribution in [-0.2, 0) is 12.1 Å². The van der Waals surface area contributed by atoms with Crippen LogP contribution in [-0.4, -0.2) is 40.8 Å². The molecule has 0 saturated heterocycles. The molecule has 30 heavy (non-hydrogen) atoms. The minimum Gasteiger partial charge on any atom is -0.382 e. The topological polar surface area (TPSA) is 92.5 Å². The lowest BCUT2D eigenvalue weighted by molar-refractivity contribution is 0.0360. The molecule has 0 bridgehead atoms. The first kappa shape index (κ1) is 20.5. The number of halogens is 3. The van der Waals surface area contributed by atoms with E-state index in [9.17, 15) is 13.9 Å². The number of nitrogens with zero attached hydrogens (tertiary/aromatic N) is 5. The van der Waals surface area contributed by atoms with E-state index < -0.39 is 17.2 Å². The Labute approximate surface area is 179 Å². The summed E-state index contributed by atoms with van der Waals surface area (Å²) in [5, 5.41) is 23.2. The van der Waals surface area contributed by atoms with Crippen LogP contribution in [0.1, 0.15) is 5.56 Å². The van der Waals surface area contributed by atoms with E-state index in [1.807, 2.05) is 0 Å². The highest BCUT2D eigenvalue weighted by Crippen LogP contribution is 2.32. The average Bonchev–Trinajstić information content (AvgIpc) is 3.39. The number of hydrogen-bond acceptors (Lipinski definition) is 6. The molecule has 0 aliphatic carbocycles. The highest BCUT2D eigenvalue weighted by molar-refractivity contribution is 7.99. The standard InChI is InChI=1S/C19H15ClF2N6OS/c20-13-3-1-12(2-4-13)17-25-18(27-26-17)30-9-19(29,8-28-11-23-10-24-28)15-6-5-14(21)7-16(15)22/h1-7,10-11,29H,8-9H2,(H,25,26,27). The summed E-state index contributed by atoms with van der Waals surface area (Å²) < 4.78 is 29.2. The van der Waals surface area contributed by atoms with E-state index >= 15 is 0 Å². The van der Waals surface area contributed by atoms with Crippen molar-refractivity contribution in [2.45, 2.75) is 17.3 Å². The molecule has 0 radical (unpaired) electrons. The summed E-state index contributed by atoms with van der Waals surface area (Å²) in [6.07, 6.45) is 2.71. The van der Waals surface area contributed by atoms with Crippen LogP contribution in [0.15, 0.2) is 60.3 Å². The summed E-state index contributed by atoms with van der Waals surface area (Å²) in [4.78, 5) is 8.23. The predicted octanol–water partition coefficient (Wildman–Crippen LogP) is 3.67. The summed E-state index contributed by atoms with van der Waals surface area (Å²) in [6, 6.07) is 10.1. The zero-order chi connectivity index (χ0) is 21.1. The molecule has 4 aromatic rings. The molecule has 0 amide bonds. The summed E-state index contributed by atoms with van der Waals surface area (Å²) in [5.74, 6) is -1.06. The normalized spacial score (nSPS) is 13.3. The van der Waals surface area contributed by atoms with Crippen molar-refractivity contribution in [2.24, 2.45) is 0 Å². The summed E-state index contributed by atoms with van der Waals surface area (Å²) in [6.45, 7) is -0.0863. The van der Waals surface area contributed by atoms with Gasteiger partial charge < -0.3 is 5.11 Å². The highest BCUT2D eigenvalue weighted by Gasteiger charge is 2.34. The van der Waals surface area contributed by atoms with Gasteiger partial charge in [0.25, 0.3) is 0 Å². The zero-order valence-electron chi connectivity index (χ0n) is 15.3. The van der Waals surface area contributed by atoms with Gasteiger partial charge in [-0.1, -0.05) is 29.4 Å². The maximum absolute atomic E-state index is 14.5. The lowest BCUT2D eigenvalue weighted by atomic mass is 9.95. The number of hydrogen-bond donors (Lipinski definition) is 2. The first-order valence-corrected chi connectivity index (χ1v) is 10.1. The zero-order valence-corrected chi connectivity index (χ0v) is 16.9. The second-order valence-electron chi connectivity index (χ2n) is 6.51. The maximum atomic E-state index is 14.5. The Morgan fingerprint density at radius 3 is 2.67 bits per heavy atom. The first-order valence-electron chi connectivity index (χ1n) is 8.74. The number of aromatic nitrogens is 6. The van der Waals surface area contributed by atoms with E-state index in [2.05, 4.69) is 25.3 Å². The van der Waals surface area contributed by atoms with Gasteiger partial charge in [-0.05, 0) is 30.3 Å². The first-order chi connectivity index (χ1) is 14.4. The van der Waals surface area contributed by atoms with E-state index in [1.54, 1.807) is 24.3 Å². The Kier molecular flexibility index (Phi) is 5.80. The SMILES string of the molecule is OC(CSc1n[nH]c(-c2ccc(Cl)cc2)n1)(Cn1cncn1)c1ccc(F)cc1F. The average molecular weight is 449 g/mol. The van der Waals surface area contributed by atoms with Gasteiger partial charge in [0.05, 0.1) is 6.54 Å². The number of rotatable bonds is 7. The fraction of sp³-hybridized carbons (Fsp3) is 0.158. The molecule has 0 saturated carbocycles. The van der Waals surface area contributed by atoms with E-state index in [1.165, 1.54) is 23.4 Å². The van der Waals surface area contributed by atoms with E-state index in [0.29, 0.717) is 16.0 Å². The van der Waals surface area contributed by atoms with Gasteiger partial charge in [-0.2, -0.15) is 5.10 Å². The van der Waals surface area contributed by atoms with Crippen molar-refractivity contribution in [1.82, 2.24) is 29.9 Å². The number of benzene rings is 2. The third kappa shape index (κ3) is 4.50. The predicted molar refractivity (Wildman–Crippen MR) is 108 cm³/mol. The molecule has 2 aromatic carbocycles. The van der Waals surface area contributed by atoms with Gasteiger partial charge in [0.2, 0.25) is 5.16 Å². The van der Waals surface area contributed by atoms with Gasteiger partial charge in [0.1, 0.15) is 29.9 Å². The van der Waals surface area contributed by atoms with Crippen molar-refractivity contribution in [3.8, 4) is 11.4 Å². The van der Waals surface area contributed by atoms with Crippen LogP contribution < -0.4 is 0 Å². The van der Waals surface area contributed by atoms with Gasteiger partial charge in [-0.15, -0.1) is 5.10 Å². The molecule has 0 aliphatic rings. The lowest BCUT2D eigenvalue weighted by Gasteiger charge is -2.28. The van der Waals surface area contributed by atoms with Crippen LogP contribution in [0.5, 0.6) is 0 Å². The van der Waals surface area contributed by atoms with Crippen molar-refractivity contribution in [1.29, 1.82) is 0 Å². The van der Waals surface area contributed by atoms with Crippen LogP contribution in [0.4, 0.5) is 8.78 Å². The van der Waals surface area contributed by atoms with Crippen LogP contribution >= 0.6 is 23.4 Å². The second kappa shape index (κ2) is 8.50. The molecule has 11 heteroatoms. The molecule has 4 rings (SSSR count). The molecular weight excluding hydrogens is 434 g/mol. The molecule has 0 aliphatic heterocycles. The fourth-order valence-corrected chi connectivity index (χ4v) is 3.90. The molecular formula is C19H15ClF2N6OS. The number of aliphatic hydroxyl groups is 1. The third-order valence-corrected chi connectivity index (χ3v) is 5.66. The smallest absolute Gasteiger partial charge is 0.208 e. The summed E-state index contributed by atoms with van der Waals surface area (Å²) in [7, 11) is 0. The molecule has 0 fully saturated rings. The molecule has 0 spiro atoms. The van der Waals surface area contributed by atoms with E-state index in [4.69, 9.17) is 11.6 Å². The Morgan fingerprint density at radius 2 is 1.97 bits per heavy atom. The minimum absolute atomic E-state index is 0.00662. The number of nitrogens with one attached hydrogen (secondary N) is 1. The van der Waals surface area contributed by atoms with Crippen LogP contribution in [0.3, 0.4) is 0 Å². The van der Waals surface area contributed by atoms with Gasteiger partial charge in [0.15, 0.2) is 5.82 Å². The third-order valence-electron chi connectivity index (χ3n) is 4.35. The molecule has 1 unspecified atom stereocenters. The fourth-order valence-electron chi connectivity index (χ4n) is 2.89. The minimum atomic E-state index is -1.71. The van der Waals surface area contributed by atoms with Crippen molar-refractivity contribution in [3.05, 3.63) is 77.3 Å². The quantitative estimate of drug-likeness (QED) is 0.419. The largest absolute Gasteiger partial charge is 0.382 e. The van der Waals surface area contributed by atoms with Gasteiger partial charge in [-0.25, -0.2) is 23.4 Å². The Hall–Kier alpha value is -2.82. The van der Waals surface area contributed by atoms with Crippen LogP contribution in [0.25, 0.3) is 11.4 Å². The monoisotopic (exact) mass is 448 g/mol. The number of H-pyrrole nitrogens is 1. The Morgan fingerprint density at radius 1 is 1.17 bits per heavy atom. The van der Waals surface area contributed by atoms with Gasteiger partial charge in [-0.3, -0.25) is 5.10 Å².